The smallest absolute Gasteiger partial charge is 0.221 e. The van der Waals surface area contributed by atoms with Crippen LogP contribution in [0.2, 0.25) is 0 Å². The van der Waals surface area contributed by atoms with Gasteiger partial charge < -0.3 is 15.5 Å². The van der Waals surface area contributed by atoms with Crippen LogP contribution in [0, 0.1) is 0 Å². The molecule has 1 fully saturated rings. The Morgan fingerprint density at radius 1 is 1.53 bits per heavy atom. The Labute approximate surface area is 92.4 Å². The summed E-state index contributed by atoms with van der Waals surface area (Å²) in [7, 11) is 2.00. The average molecular weight is 213 g/mol. The Bertz CT molecular complexity index is 206. The Morgan fingerprint density at radius 2 is 2.27 bits per heavy atom. The number of likely N-dealkylation sites (tertiary alicyclic amines) is 1. The van der Waals surface area contributed by atoms with E-state index in [9.17, 15) is 4.79 Å². The molecule has 1 saturated heterocycles. The van der Waals surface area contributed by atoms with Gasteiger partial charge in [-0.15, -0.1) is 0 Å². The van der Waals surface area contributed by atoms with Crippen LogP contribution in [0.25, 0.3) is 0 Å². The quantitative estimate of drug-likeness (QED) is 0.685. The number of hydrogen-bond acceptors (Lipinski definition) is 3. The van der Waals surface area contributed by atoms with Crippen LogP contribution >= 0.6 is 0 Å². The topological polar surface area (TPSA) is 44.4 Å². The highest BCUT2D eigenvalue weighted by atomic mass is 16.1. The van der Waals surface area contributed by atoms with Crippen LogP contribution in [0.1, 0.15) is 26.7 Å². The molecule has 0 spiro atoms. The summed E-state index contributed by atoms with van der Waals surface area (Å²) in [5.74, 6) is 0.165. The maximum atomic E-state index is 11.4. The van der Waals surface area contributed by atoms with Crippen LogP contribution in [-0.4, -0.2) is 49.6 Å². The Balaban J connectivity index is 2.13. The van der Waals surface area contributed by atoms with Crippen molar-refractivity contribution in [1.29, 1.82) is 0 Å². The van der Waals surface area contributed by atoms with E-state index in [-0.39, 0.29) is 11.9 Å². The number of hydrogen-bond donors (Lipinski definition) is 2. The maximum Gasteiger partial charge on any atom is 0.221 e. The van der Waals surface area contributed by atoms with Crippen LogP contribution < -0.4 is 10.6 Å². The number of rotatable bonds is 5. The fourth-order valence-corrected chi connectivity index (χ4v) is 1.93. The van der Waals surface area contributed by atoms with Gasteiger partial charge in [-0.2, -0.15) is 0 Å². The molecule has 1 aliphatic heterocycles. The van der Waals surface area contributed by atoms with Crippen LogP contribution in [0.4, 0.5) is 0 Å². The van der Waals surface area contributed by atoms with Crippen molar-refractivity contribution in [1.82, 2.24) is 15.5 Å². The SMILES string of the molecule is CNC1CCN(CCC(=O)NC(C)C)C1. The lowest BCUT2D eigenvalue weighted by atomic mass is 10.3. The van der Waals surface area contributed by atoms with E-state index >= 15 is 0 Å². The van der Waals surface area contributed by atoms with E-state index in [1.54, 1.807) is 0 Å². The van der Waals surface area contributed by atoms with E-state index in [2.05, 4.69) is 15.5 Å². The first-order valence-electron chi connectivity index (χ1n) is 5.80. The Morgan fingerprint density at radius 3 is 2.80 bits per heavy atom. The second kappa shape index (κ2) is 6.08. The van der Waals surface area contributed by atoms with E-state index in [1.807, 2.05) is 20.9 Å². The predicted octanol–water partition coefficient (Wildman–Crippen LogP) is 0.195. The minimum Gasteiger partial charge on any atom is -0.354 e. The summed E-state index contributed by atoms with van der Waals surface area (Å²) in [6.45, 7) is 7.05. The summed E-state index contributed by atoms with van der Waals surface area (Å²) in [6.07, 6.45) is 1.82. The second-order valence-electron chi connectivity index (χ2n) is 4.55. The van der Waals surface area contributed by atoms with Crippen molar-refractivity contribution in [3.63, 3.8) is 0 Å². The van der Waals surface area contributed by atoms with Gasteiger partial charge in [0.05, 0.1) is 0 Å². The summed E-state index contributed by atoms with van der Waals surface area (Å²) >= 11 is 0. The predicted molar refractivity (Wildman–Crippen MR) is 61.8 cm³/mol. The molecule has 0 aromatic carbocycles. The number of carbonyl (C=O) groups excluding carboxylic acids is 1. The molecule has 0 aromatic rings. The molecule has 1 atom stereocenters. The van der Waals surface area contributed by atoms with Gasteiger partial charge in [-0.3, -0.25) is 4.79 Å². The number of carbonyl (C=O) groups is 1. The molecular formula is C11H23N3O. The molecule has 1 amide bonds. The summed E-state index contributed by atoms with van der Waals surface area (Å²) in [4.78, 5) is 13.8. The van der Waals surface area contributed by atoms with Crippen molar-refractivity contribution in [2.75, 3.05) is 26.7 Å². The van der Waals surface area contributed by atoms with Crippen molar-refractivity contribution < 1.29 is 4.79 Å². The average Bonchev–Trinajstić information content (AvgIpc) is 2.61. The lowest BCUT2D eigenvalue weighted by Crippen LogP contribution is -2.35. The zero-order chi connectivity index (χ0) is 11.3. The lowest BCUT2D eigenvalue weighted by Gasteiger charge is -2.16. The van der Waals surface area contributed by atoms with Crippen molar-refractivity contribution >= 4 is 5.91 Å². The van der Waals surface area contributed by atoms with Crippen LogP contribution in [0.5, 0.6) is 0 Å². The number of nitrogens with one attached hydrogen (secondary N) is 2. The summed E-state index contributed by atoms with van der Waals surface area (Å²) < 4.78 is 0. The van der Waals surface area contributed by atoms with Crippen molar-refractivity contribution in [3.05, 3.63) is 0 Å². The molecular weight excluding hydrogens is 190 g/mol. The summed E-state index contributed by atoms with van der Waals surface area (Å²) in [5.41, 5.74) is 0. The Kier molecular flexibility index (Phi) is 5.05. The highest BCUT2D eigenvalue weighted by molar-refractivity contribution is 5.76. The molecule has 1 unspecified atom stereocenters. The highest BCUT2D eigenvalue weighted by Crippen LogP contribution is 2.08. The van der Waals surface area contributed by atoms with Gasteiger partial charge in [0.15, 0.2) is 0 Å². The first kappa shape index (κ1) is 12.5. The van der Waals surface area contributed by atoms with E-state index in [0.29, 0.717) is 12.5 Å². The molecule has 1 heterocycles. The molecule has 4 heteroatoms. The molecule has 0 aliphatic carbocycles. The van der Waals surface area contributed by atoms with E-state index < -0.39 is 0 Å². The molecule has 0 bridgehead atoms. The van der Waals surface area contributed by atoms with Gasteiger partial charge in [-0.05, 0) is 33.9 Å². The number of amides is 1. The minimum absolute atomic E-state index is 0.165. The van der Waals surface area contributed by atoms with E-state index in [1.165, 1.54) is 6.42 Å². The molecule has 0 aromatic heterocycles. The third kappa shape index (κ3) is 4.62. The summed E-state index contributed by atoms with van der Waals surface area (Å²) in [6, 6.07) is 0.860. The van der Waals surface area contributed by atoms with Gasteiger partial charge in [-0.1, -0.05) is 0 Å². The third-order valence-electron chi connectivity index (χ3n) is 2.79. The largest absolute Gasteiger partial charge is 0.354 e. The zero-order valence-corrected chi connectivity index (χ0v) is 10.0. The first-order chi connectivity index (χ1) is 7.11. The number of likely N-dealkylation sites (N-methyl/N-ethyl adjacent to an activating group) is 1. The Hall–Kier alpha value is -0.610. The van der Waals surface area contributed by atoms with E-state index in [0.717, 1.165) is 19.6 Å². The lowest BCUT2D eigenvalue weighted by molar-refractivity contribution is -0.121. The molecule has 4 nitrogen and oxygen atoms in total. The molecule has 15 heavy (non-hydrogen) atoms. The molecule has 1 rings (SSSR count). The van der Waals surface area contributed by atoms with Crippen LogP contribution in [0.15, 0.2) is 0 Å². The minimum atomic E-state index is 0.165. The molecule has 0 saturated carbocycles. The van der Waals surface area contributed by atoms with Gasteiger partial charge in [-0.25, -0.2) is 0 Å². The fourth-order valence-electron chi connectivity index (χ4n) is 1.93. The highest BCUT2D eigenvalue weighted by Gasteiger charge is 2.20. The molecule has 1 aliphatic rings. The molecule has 0 radical (unpaired) electrons. The van der Waals surface area contributed by atoms with Gasteiger partial charge in [0.1, 0.15) is 0 Å². The van der Waals surface area contributed by atoms with Crippen molar-refractivity contribution in [2.45, 2.75) is 38.8 Å². The summed E-state index contributed by atoms with van der Waals surface area (Å²) in [5, 5.41) is 6.18. The first-order valence-corrected chi connectivity index (χ1v) is 5.80. The molecule has 2 N–H and O–H groups in total. The fraction of sp³-hybridized carbons (Fsp3) is 0.909. The second-order valence-corrected chi connectivity index (χ2v) is 4.55. The number of nitrogens with zero attached hydrogens (tertiary/aromatic N) is 1. The standard InChI is InChI=1S/C11H23N3O/c1-9(2)13-11(15)5-7-14-6-4-10(8-14)12-3/h9-10,12H,4-8H2,1-3H3,(H,13,15). The van der Waals surface area contributed by atoms with Gasteiger partial charge in [0.2, 0.25) is 5.91 Å². The van der Waals surface area contributed by atoms with Gasteiger partial charge in [0.25, 0.3) is 0 Å². The zero-order valence-electron chi connectivity index (χ0n) is 10.0. The monoisotopic (exact) mass is 213 g/mol. The maximum absolute atomic E-state index is 11.4. The normalized spacial score (nSPS) is 22.3. The van der Waals surface area contributed by atoms with Gasteiger partial charge >= 0.3 is 0 Å². The molecule has 88 valence electrons. The third-order valence-corrected chi connectivity index (χ3v) is 2.79. The van der Waals surface area contributed by atoms with Gasteiger partial charge in [0, 0.05) is 31.6 Å². The van der Waals surface area contributed by atoms with Crippen molar-refractivity contribution in [3.8, 4) is 0 Å². The van der Waals surface area contributed by atoms with E-state index in [4.69, 9.17) is 0 Å². The van der Waals surface area contributed by atoms with Crippen molar-refractivity contribution in [2.24, 2.45) is 0 Å². The van der Waals surface area contributed by atoms with Crippen LogP contribution in [0.3, 0.4) is 0 Å². The van der Waals surface area contributed by atoms with Crippen LogP contribution in [-0.2, 0) is 4.79 Å².